The maximum atomic E-state index is 12.3. The van der Waals surface area contributed by atoms with Crippen molar-refractivity contribution in [1.82, 2.24) is 10.2 Å². The van der Waals surface area contributed by atoms with Crippen molar-refractivity contribution in [2.75, 3.05) is 38.6 Å². The van der Waals surface area contributed by atoms with Crippen molar-refractivity contribution in [3.05, 3.63) is 95.1 Å². The smallest absolute Gasteiger partial charge is 0.325 e. The summed E-state index contributed by atoms with van der Waals surface area (Å²) in [6.45, 7) is 2.43. The lowest BCUT2D eigenvalue weighted by Crippen LogP contribution is -2.39. The van der Waals surface area contributed by atoms with E-state index in [0.29, 0.717) is 36.3 Å². The number of anilines is 1. The van der Waals surface area contributed by atoms with Gasteiger partial charge in [-0.2, -0.15) is 0 Å². The van der Waals surface area contributed by atoms with Crippen LogP contribution in [0.3, 0.4) is 0 Å². The SMILES string of the molecule is CCOC(=O)CNC(=O)Nc1cccc([C@H]2O[C@@H](CN(C)C[C@@H](O)c3cccc(O)c3)C[C@@H](c3ccc(CO)cc3)O2)c1. The van der Waals surface area contributed by atoms with Crippen molar-refractivity contribution in [3.8, 4) is 5.75 Å². The molecule has 1 aliphatic heterocycles. The highest BCUT2D eigenvalue weighted by Gasteiger charge is 2.33. The molecule has 1 fully saturated rings. The summed E-state index contributed by atoms with van der Waals surface area (Å²) in [5.41, 5.74) is 3.53. The predicted molar refractivity (Wildman–Crippen MR) is 159 cm³/mol. The molecule has 0 spiro atoms. The summed E-state index contributed by atoms with van der Waals surface area (Å²) < 4.78 is 17.6. The number of urea groups is 1. The molecule has 0 saturated carbocycles. The molecule has 0 radical (unpaired) electrons. The van der Waals surface area contributed by atoms with Crippen molar-refractivity contribution in [2.24, 2.45) is 0 Å². The van der Waals surface area contributed by atoms with Gasteiger partial charge in [-0.25, -0.2) is 4.79 Å². The lowest BCUT2D eigenvalue weighted by atomic mass is 9.99. The van der Waals surface area contributed by atoms with Crippen LogP contribution < -0.4 is 10.6 Å². The molecule has 5 N–H and O–H groups in total. The largest absolute Gasteiger partial charge is 0.508 e. The monoisotopic (exact) mass is 593 g/mol. The molecule has 3 aromatic carbocycles. The molecular formula is C32H39N3O8. The van der Waals surface area contributed by atoms with Gasteiger partial charge in [0.05, 0.1) is 31.5 Å². The van der Waals surface area contributed by atoms with Gasteiger partial charge in [-0.05, 0) is 54.9 Å². The number of aliphatic hydroxyl groups is 2. The zero-order valence-corrected chi connectivity index (χ0v) is 24.3. The third-order valence-electron chi connectivity index (χ3n) is 6.99. The summed E-state index contributed by atoms with van der Waals surface area (Å²) in [6, 6.07) is 20.7. The summed E-state index contributed by atoms with van der Waals surface area (Å²) in [6.07, 6.45) is -1.59. The zero-order valence-electron chi connectivity index (χ0n) is 24.3. The molecule has 2 amide bonds. The fourth-order valence-electron chi connectivity index (χ4n) is 4.89. The second kappa shape index (κ2) is 15.5. The van der Waals surface area contributed by atoms with Crippen molar-refractivity contribution in [2.45, 2.75) is 44.6 Å². The number of hydrogen-bond acceptors (Lipinski definition) is 9. The fraction of sp³-hybridized carbons (Fsp3) is 0.375. The van der Waals surface area contributed by atoms with Crippen molar-refractivity contribution in [3.63, 3.8) is 0 Å². The van der Waals surface area contributed by atoms with Gasteiger partial charge >= 0.3 is 12.0 Å². The number of carbonyl (C=O) groups excluding carboxylic acids is 2. The number of aliphatic hydroxyl groups excluding tert-OH is 2. The Morgan fingerprint density at radius 3 is 2.53 bits per heavy atom. The normalized spacial score (nSPS) is 19.0. The highest BCUT2D eigenvalue weighted by molar-refractivity contribution is 5.91. The average molecular weight is 594 g/mol. The topological polar surface area (TPSA) is 150 Å². The van der Waals surface area contributed by atoms with E-state index in [-0.39, 0.29) is 37.7 Å². The highest BCUT2D eigenvalue weighted by Crippen LogP contribution is 2.38. The summed E-state index contributed by atoms with van der Waals surface area (Å²) in [4.78, 5) is 25.9. The van der Waals surface area contributed by atoms with Crippen LogP contribution in [0.4, 0.5) is 10.5 Å². The summed E-state index contributed by atoms with van der Waals surface area (Å²) in [5.74, 6) is -0.433. The number of likely N-dealkylation sites (N-methyl/N-ethyl adjacent to an activating group) is 1. The molecule has 1 heterocycles. The van der Waals surface area contributed by atoms with E-state index in [9.17, 15) is 24.9 Å². The number of phenolic OH excluding ortho intramolecular Hbond substituents is 1. The van der Waals surface area contributed by atoms with Crippen LogP contribution in [0.2, 0.25) is 0 Å². The summed E-state index contributed by atoms with van der Waals surface area (Å²) in [5, 5.41) is 35.2. The Morgan fingerprint density at radius 2 is 1.81 bits per heavy atom. The van der Waals surface area contributed by atoms with E-state index in [1.807, 2.05) is 42.3 Å². The highest BCUT2D eigenvalue weighted by atomic mass is 16.7. The van der Waals surface area contributed by atoms with E-state index in [4.69, 9.17) is 14.2 Å². The molecular weight excluding hydrogens is 554 g/mol. The quantitative estimate of drug-likeness (QED) is 0.198. The molecule has 11 heteroatoms. The molecule has 230 valence electrons. The van der Waals surface area contributed by atoms with E-state index >= 15 is 0 Å². The van der Waals surface area contributed by atoms with Gasteiger partial charge in [0.2, 0.25) is 0 Å². The number of benzene rings is 3. The maximum absolute atomic E-state index is 12.3. The molecule has 0 aromatic heterocycles. The molecule has 3 aromatic rings. The average Bonchev–Trinajstić information content (AvgIpc) is 3.00. The van der Waals surface area contributed by atoms with Crippen LogP contribution in [0, 0.1) is 0 Å². The van der Waals surface area contributed by atoms with E-state index in [1.54, 1.807) is 49.4 Å². The number of nitrogens with zero attached hydrogens (tertiary/aromatic N) is 1. The molecule has 4 atom stereocenters. The Balaban J connectivity index is 1.47. The number of phenols is 1. The second-order valence-corrected chi connectivity index (χ2v) is 10.4. The molecule has 11 nitrogen and oxygen atoms in total. The number of aromatic hydroxyl groups is 1. The molecule has 4 rings (SSSR count). The minimum Gasteiger partial charge on any atom is -0.508 e. The number of esters is 1. The van der Waals surface area contributed by atoms with Gasteiger partial charge < -0.3 is 45.1 Å². The van der Waals surface area contributed by atoms with Gasteiger partial charge in [0, 0.05) is 30.8 Å². The fourth-order valence-corrected chi connectivity index (χ4v) is 4.89. The molecule has 0 aliphatic carbocycles. The number of amides is 2. The van der Waals surface area contributed by atoms with Crippen LogP contribution in [-0.2, 0) is 25.6 Å². The van der Waals surface area contributed by atoms with E-state index in [1.165, 1.54) is 0 Å². The van der Waals surface area contributed by atoms with Gasteiger partial charge in [0.15, 0.2) is 6.29 Å². The van der Waals surface area contributed by atoms with Crippen molar-refractivity contribution >= 4 is 17.7 Å². The van der Waals surface area contributed by atoms with Crippen molar-refractivity contribution in [1.29, 1.82) is 0 Å². The van der Waals surface area contributed by atoms with Gasteiger partial charge in [-0.1, -0.05) is 48.5 Å². The van der Waals surface area contributed by atoms with Crippen LogP contribution in [0.25, 0.3) is 0 Å². The van der Waals surface area contributed by atoms with E-state index in [2.05, 4.69) is 10.6 Å². The molecule has 1 aliphatic rings. The molecule has 0 unspecified atom stereocenters. The van der Waals surface area contributed by atoms with Crippen LogP contribution in [0.5, 0.6) is 5.75 Å². The van der Waals surface area contributed by atoms with Gasteiger partial charge in [0.25, 0.3) is 0 Å². The Kier molecular flexibility index (Phi) is 11.5. The first-order chi connectivity index (χ1) is 20.7. The molecule has 0 bridgehead atoms. The van der Waals surface area contributed by atoms with E-state index < -0.39 is 24.4 Å². The number of carbonyl (C=O) groups is 2. The standard InChI is InChI=1S/C32H39N3O8/c1-3-41-30(39)17-33-32(40)34-25-8-4-7-24(14-25)31-42-27(16-29(43-31)22-12-10-21(20-36)11-13-22)18-35(2)19-28(38)23-6-5-9-26(37)15-23/h4-15,27-29,31,36-38H,3,16-20H2,1-2H3,(H2,33,34,40)/t27-,28-,29+,31+/m1/s1. The molecule has 1 saturated heterocycles. The van der Waals surface area contributed by atoms with Crippen LogP contribution in [0.1, 0.15) is 54.1 Å². The second-order valence-electron chi connectivity index (χ2n) is 10.4. The number of nitrogens with one attached hydrogen (secondary N) is 2. The first-order valence-electron chi connectivity index (χ1n) is 14.2. The minimum atomic E-state index is -0.799. The summed E-state index contributed by atoms with van der Waals surface area (Å²) >= 11 is 0. The lowest BCUT2D eigenvalue weighted by Gasteiger charge is -2.38. The lowest BCUT2D eigenvalue weighted by molar-refractivity contribution is -0.252. The minimum absolute atomic E-state index is 0.0559. The summed E-state index contributed by atoms with van der Waals surface area (Å²) in [7, 11) is 1.89. The number of hydrogen-bond donors (Lipinski definition) is 5. The Labute approximate surface area is 251 Å². The van der Waals surface area contributed by atoms with E-state index in [0.717, 1.165) is 11.1 Å². The van der Waals surface area contributed by atoms with Crippen molar-refractivity contribution < 1.29 is 39.1 Å². The molecule has 43 heavy (non-hydrogen) atoms. The maximum Gasteiger partial charge on any atom is 0.325 e. The first kappa shape index (κ1) is 31.9. The van der Waals surface area contributed by atoms with Crippen LogP contribution >= 0.6 is 0 Å². The third-order valence-corrected chi connectivity index (χ3v) is 6.99. The van der Waals surface area contributed by atoms with Gasteiger partial charge in [0.1, 0.15) is 12.3 Å². The number of rotatable bonds is 12. The Bertz CT molecular complexity index is 1350. The number of ether oxygens (including phenoxy) is 3. The van der Waals surface area contributed by atoms with Gasteiger partial charge in [-0.15, -0.1) is 0 Å². The van der Waals surface area contributed by atoms with Crippen LogP contribution in [0.15, 0.2) is 72.8 Å². The Morgan fingerprint density at radius 1 is 1.05 bits per heavy atom. The zero-order chi connectivity index (χ0) is 30.8. The van der Waals surface area contributed by atoms with Gasteiger partial charge in [-0.3, -0.25) is 4.79 Å². The predicted octanol–water partition coefficient (Wildman–Crippen LogP) is 3.78. The first-order valence-corrected chi connectivity index (χ1v) is 14.2. The Hall–Kier alpha value is -4.00. The van der Waals surface area contributed by atoms with Crippen LogP contribution in [-0.4, -0.2) is 71.6 Å². The third kappa shape index (κ3) is 9.50.